The number of sulfonamides is 2. The fourth-order valence-corrected chi connectivity index (χ4v) is 5.82. The van der Waals surface area contributed by atoms with Gasteiger partial charge in [0, 0.05) is 18.1 Å². The summed E-state index contributed by atoms with van der Waals surface area (Å²) in [5, 5.41) is 2.63. The predicted molar refractivity (Wildman–Crippen MR) is 145 cm³/mol. The second kappa shape index (κ2) is 11.0. The van der Waals surface area contributed by atoms with Gasteiger partial charge in [-0.2, -0.15) is 0 Å². The van der Waals surface area contributed by atoms with E-state index in [2.05, 4.69) is 20.0 Å². The Morgan fingerprint density at radius 3 is 1.87 bits per heavy atom. The minimum Gasteiger partial charge on any atom is -0.325 e. The predicted octanol–water partition coefficient (Wildman–Crippen LogP) is 3.73. The van der Waals surface area contributed by atoms with Crippen molar-refractivity contribution in [3.8, 4) is 0 Å². The summed E-state index contributed by atoms with van der Waals surface area (Å²) in [5.41, 5.74) is 2.47. The third-order valence-electron chi connectivity index (χ3n) is 5.46. The van der Waals surface area contributed by atoms with Crippen molar-refractivity contribution in [2.75, 3.05) is 20.9 Å². The molecule has 1 heterocycles. The molecule has 196 valence electrons. The van der Waals surface area contributed by atoms with Gasteiger partial charge in [-0.25, -0.2) is 31.5 Å². The number of aryl methyl sites for hydroxylation is 2. The van der Waals surface area contributed by atoms with Gasteiger partial charge in [0.2, 0.25) is 11.9 Å². The fraction of sp³-hybridized carbons (Fsp3) is 0.115. The number of nitrogens with one attached hydrogen (secondary N) is 2. The van der Waals surface area contributed by atoms with E-state index in [0.29, 0.717) is 11.4 Å². The summed E-state index contributed by atoms with van der Waals surface area (Å²) in [7, 11) is -8.00. The van der Waals surface area contributed by atoms with Crippen LogP contribution in [0.2, 0.25) is 0 Å². The molecule has 0 saturated carbocycles. The first-order valence-electron chi connectivity index (χ1n) is 11.4. The van der Waals surface area contributed by atoms with Gasteiger partial charge in [-0.3, -0.25) is 9.10 Å². The third kappa shape index (κ3) is 6.33. The lowest BCUT2D eigenvalue weighted by Crippen LogP contribution is -2.38. The lowest BCUT2D eigenvalue weighted by Gasteiger charge is -2.24. The summed E-state index contributed by atoms with van der Waals surface area (Å²) in [6.45, 7) is 3.23. The normalized spacial score (nSPS) is 11.5. The van der Waals surface area contributed by atoms with E-state index in [9.17, 15) is 21.6 Å². The molecule has 0 spiro atoms. The summed E-state index contributed by atoms with van der Waals surface area (Å²) in [6, 6.07) is 20.2. The molecule has 1 aromatic heterocycles. The zero-order valence-corrected chi connectivity index (χ0v) is 22.2. The maximum Gasteiger partial charge on any atom is 0.264 e. The molecule has 1 amide bonds. The van der Waals surface area contributed by atoms with Crippen LogP contribution in [-0.4, -0.2) is 39.3 Å². The van der Waals surface area contributed by atoms with E-state index in [4.69, 9.17) is 0 Å². The second-order valence-corrected chi connectivity index (χ2v) is 12.0. The van der Waals surface area contributed by atoms with E-state index >= 15 is 0 Å². The standard InChI is InChI=1S/C26H25N5O5S2/c1-19-4-10-22(11-5-19)31(38(35,36)24-12-6-20(2)7-13-24)18-25(32)29-21-8-14-23(15-9-21)37(33,34)30-26-27-16-3-17-28-26/h3-17H,18H2,1-2H3,(H,29,32)(H,27,28,30). The van der Waals surface area contributed by atoms with Gasteiger partial charge in [0.05, 0.1) is 15.5 Å². The van der Waals surface area contributed by atoms with Gasteiger partial charge in [-0.1, -0.05) is 35.4 Å². The van der Waals surface area contributed by atoms with E-state index in [-0.39, 0.29) is 15.7 Å². The van der Waals surface area contributed by atoms with Crippen LogP contribution in [0.3, 0.4) is 0 Å². The molecular formula is C26H25N5O5S2. The molecule has 0 unspecified atom stereocenters. The zero-order chi connectivity index (χ0) is 27.3. The van der Waals surface area contributed by atoms with E-state index in [1.165, 1.54) is 48.8 Å². The van der Waals surface area contributed by atoms with Gasteiger partial charge in [0.25, 0.3) is 20.0 Å². The molecule has 4 rings (SSSR count). The van der Waals surface area contributed by atoms with Crippen molar-refractivity contribution >= 4 is 43.3 Å². The van der Waals surface area contributed by atoms with Crippen molar-refractivity contribution in [1.29, 1.82) is 0 Å². The number of benzene rings is 3. The third-order valence-corrected chi connectivity index (χ3v) is 8.59. The number of carbonyl (C=O) groups is 1. The summed E-state index contributed by atoms with van der Waals surface area (Å²) in [5.74, 6) is -0.677. The molecule has 0 aliphatic carbocycles. The van der Waals surface area contributed by atoms with Crippen molar-refractivity contribution in [1.82, 2.24) is 9.97 Å². The molecule has 2 N–H and O–H groups in total. The van der Waals surface area contributed by atoms with Crippen molar-refractivity contribution in [2.24, 2.45) is 0 Å². The number of carbonyl (C=O) groups excluding carboxylic acids is 1. The maximum absolute atomic E-state index is 13.5. The summed E-state index contributed by atoms with van der Waals surface area (Å²) in [6.07, 6.45) is 2.81. The Kier molecular flexibility index (Phi) is 7.74. The summed E-state index contributed by atoms with van der Waals surface area (Å²) in [4.78, 5) is 20.6. The topological polar surface area (TPSA) is 138 Å². The van der Waals surface area contributed by atoms with Gasteiger partial charge < -0.3 is 5.32 Å². The van der Waals surface area contributed by atoms with Gasteiger partial charge in [-0.15, -0.1) is 0 Å². The fourth-order valence-electron chi connectivity index (χ4n) is 3.44. The Hall–Kier alpha value is -4.29. The van der Waals surface area contributed by atoms with E-state index in [1.807, 2.05) is 13.8 Å². The largest absolute Gasteiger partial charge is 0.325 e. The molecule has 0 fully saturated rings. The van der Waals surface area contributed by atoms with Crippen LogP contribution in [-0.2, 0) is 24.8 Å². The second-order valence-electron chi connectivity index (χ2n) is 8.41. The van der Waals surface area contributed by atoms with Crippen LogP contribution in [0.25, 0.3) is 0 Å². The van der Waals surface area contributed by atoms with Gasteiger partial charge in [0.1, 0.15) is 6.54 Å². The Bertz CT molecular complexity index is 1630. The first kappa shape index (κ1) is 26.8. The molecule has 0 saturated heterocycles. The minimum atomic E-state index is -4.05. The van der Waals surface area contributed by atoms with Crippen LogP contribution in [0.1, 0.15) is 11.1 Å². The number of hydrogen-bond donors (Lipinski definition) is 2. The SMILES string of the molecule is Cc1ccc(N(CC(=O)Nc2ccc(S(=O)(=O)Nc3ncccn3)cc2)S(=O)(=O)c2ccc(C)cc2)cc1. The Morgan fingerprint density at radius 1 is 0.763 bits per heavy atom. The molecule has 0 aliphatic rings. The average Bonchev–Trinajstić information content (AvgIpc) is 2.89. The molecule has 12 heteroatoms. The highest BCUT2D eigenvalue weighted by atomic mass is 32.2. The van der Waals surface area contributed by atoms with Crippen LogP contribution in [0.4, 0.5) is 17.3 Å². The van der Waals surface area contributed by atoms with Crippen LogP contribution < -0.4 is 14.3 Å². The highest BCUT2D eigenvalue weighted by molar-refractivity contribution is 7.93. The van der Waals surface area contributed by atoms with Crippen LogP contribution >= 0.6 is 0 Å². The first-order valence-corrected chi connectivity index (χ1v) is 14.3. The smallest absolute Gasteiger partial charge is 0.264 e. The van der Waals surface area contributed by atoms with Crippen LogP contribution in [0, 0.1) is 13.8 Å². The Balaban J connectivity index is 1.53. The lowest BCUT2D eigenvalue weighted by atomic mass is 10.2. The van der Waals surface area contributed by atoms with Gasteiger partial charge in [0.15, 0.2) is 0 Å². The molecule has 38 heavy (non-hydrogen) atoms. The van der Waals surface area contributed by atoms with Crippen molar-refractivity contribution < 1.29 is 21.6 Å². The molecule has 0 aliphatic heterocycles. The molecular weight excluding hydrogens is 526 g/mol. The van der Waals surface area contributed by atoms with Crippen LogP contribution in [0.15, 0.2) is 101 Å². The number of nitrogens with zero attached hydrogens (tertiary/aromatic N) is 3. The highest BCUT2D eigenvalue weighted by Gasteiger charge is 2.27. The minimum absolute atomic E-state index is 0.0564. The van der Waals surface area contributed by atoms with E-state index < -0.39 is 32.5 Å². The van der Waals surface area contributed by atoms with Crippen LogP contribution in [0.5, 0.6) is 0 Å². The molecule has 0 radical (unpaired) electrons. The highest BCUT2D eigenvalue weighted by Crippen LogP contribution is 2.25. The number of hydrogen-bond acceptors (Lipinski definition) is 7. The Labute approximate surface area is 221 Å². The van der Waals surface area contributed by atoms with Gasteiger partial charge in [-0.05, 0) is 68.4 Å². The van der Waals surface area contributed by atoms with E-state index in [0.717, 1.165) is 15.4 Å². The summed E-state index contributed by atoms with van der Waals surface area (Å²) >= 11 is 0. The Morgan fingerprint density at radius 2 is 1.29 bits per heavy atom. The average molecular weight is 552 g/mol. The van der Waals surface area contributed by atoms with Crippen molar-refractivity contribution in [3.05, 3.63) is 102 Å². The lowest BCUT2D eigenvalue weighted by molar-refractivity contribution is -0.114. The number of amides is 1. The number of aromatic nitrogens is 2. The molecule has 4 aromatic rings. The number of rotatable bonds is 9. The quantitative estimate of drug-likeness (QED) is 0.323. The molecule has 3 aromatic carbocycles. The monoisotopic (exact) mass is 551 g/mol. The maximum atomic E-state index is 13.5. The van der Waals surface area contributed by atoms with Crippen molar-refractivity contribution in [2.45, 2.75) is 23.6 Å². The molecule has 10 nitrogen and oxygen atoms in total. The zero-order valence-electron chi connectivity index (χ0n) is 20.6. The van der Waals surface area contributed by atoms with E-state index in [1.54, 1.807) is 42.5 Å². The molecule has 0 atom stereocenters. The van der Waals surface area contributed by atoms with Gasteiger partial charge >= 0.3 is 0 Å². The number of anilines is 3. The first-order chi connectivity index (χ1) is 18.0. The molecule has 0 bridgehead atoms. The van der Waals surface area contributed by atoms with Crippen molar-refractivity contribution in [3.63, 3.8) is 0 Å². The summed E-state index contributed by atoms with van der Waals surface area (Å²) < 4.78 is 55.4.